The summed E-state index contributed by atoms with van der Waals surface area (Å²) in [5.74, 6) is -2.20. The van der Waals surface area contributed by atoms with Gasteiger partial charge in [0.2, 0.25) is 0 Å². The second-order valence-electron chi connectivity index (χ2n) is 4.32. The van der Waals surface area contributed by atoms with Crippen LogP contribution < -0.4 is 5.73 Å². The summed E-state index contributed by atoms with van der Waals surface area (Å²) in [5, 5.41) is 9.19. The van der Waals surface area contributed by atoms with Gasteiger partial charge in [-0.15, -0.1) is 0 Å². The van der Waals surface area contributed by atoms with E-state index >= 15 is 0 Å². The van der Waals surface area contributed by atoms with Crippen LogP contribution in [0.2, 0.25) is 0 Å². The number of rotatable bonds is 7. The van der Waals surface area contributed by atoms with Crippen LogP contribution in [0.3, 0.4) is 0 Å². The molecule has 0 saturated heterocycles. The molecule has 0 radical (unpaired) electrons. The van der Waals surface area contributed by atoms with Gasteiger partial charge in [-0.05, 0) is 25.3 Å². The van der Waals surface area contributed by atoms with Crippen molar-refractivity contribution >= 4 is 11.9 Å². The maximum absolute atomic E-state index is 11.4. The minimum atomic E-state index is -0.955. The fraction of sp³-hybridized carbons (Fsp3) is 0.429. The van der Waals surface area contributed by atoms with Crippen molar-refractivity contribution in [2.75, 3.05) is 6.61 Å². The van der Waals surface area contributed by atoms with E-state index in [-0.39, 0.29) is 13.0 Å². The molecule has 3 N–H and O–H groups in total. The van der Waals surface area contributed by atoms with Crippen molar-refractivity contribution in [1.29, 1.82) is 0 Å². The average molecular weight is 265 g/mol. The highest BCUT2D eigenvalue weighted by atomic mass is 16.5. The van der Waals surface area contributed by atoms with E-state index in [1.54, 1.807) is 6.92 Å². The Hall–Kier alpha value is -1.88. The Kier molecular flexibility index (Phi) is 6.02. The summed E-state index contributed by atoms with van der Waals surface area (Å²) >= 11 is 0. The first-order chi connectivity index (χ1) is 9.04. The number of hydrogen-bond acceptors (Lipinski definition) is 4. The van der Waals surface area contributed by atoms with Crippen molar-refractivity contribution in [2.45, 2.75) is 25.8 Å². The highest BCUT2D eigenvalue weighted by Gasteiger charge is 2.25. The molecule has 0 fully saturated rings. The van der Waals surface area contributed by atoms with Crippen molar-refractivity contribution in [3.05, 3.63) is 35.9 Å². The number of carboxylic acid groups (broad SMARTS) is 1. The fourth-order valence-electron chi connectivity index (χ4n) is 1.82. The Labute approximate surface area is 112 Å². The molecule has 5 nitrogen and oxygen atoms in total. The zero-order valence-electron chi connectivity index (χ0n) is 10.9. The molecule has 1 aromatic rings. The van der Waals surface area contributed by atoms with E-state index in [9.17, 15) is 14.7 Å². The second-order valence-corrected chi connectivity index (χ2v) is 4.32. The largest absolute Gasteiger partial charge is 0.481 e. The topological polar surface area (TPSA) is 89.6 Å². The van der Waals surface area contributed by atoms with Gasteiger partial charge in [-0.25, -0.2) is 0 Å². The summed E-state index contributed by atoms with van der Waals surface area (Å²) in [5.41, 5.74) is 6.57. The van der Waals surface area contributed by atoms with Gasteiger partial charge in [0.25, 0.3) is 0 Å². The molecular weight excluding hydrogens is 246 g/mol. The van der Waals surface area contributed by atoms with Crippen LogP contribution in [0.25, 0.3) is 0 Å². The Morgan fingerprint density at radius 3 is 2.47 bits per heavy atom. The van der Waals surface area contributed by atoms with Gasteiger partial charge in [-0.2, -0.15) is 0 Å². The summed E-state index contributed by atoms with van der Waals surface area (Å²) < 4.78 is 4.78. The van der Waals surface area contributed by atoms with Crippen molar-refractivity contribution in [2.24, 2.45) is 11.7 Å². The summed E-state index contributed by atoms with van der Waals surface area (Å²) in [7, 11) is 0. The van der Waals surface area contributed by atoms with Crippen molar-refractivity contribution < 1.29 is 19.4 Å². The molecular formula is C14H19NO4. The molecule has 5 heteroatoms. The molecule has 0 amide bonds. The lowest BCUT2D eigenvalue weighted by atomic mass is 9.93. The third-order valence-electron chi connectivity index (χ3n) is 2.80. The summed E-state index contributed by atoms with van der Waals surface area (Å²) in [6.07, 6.45) is 0.423. The number of benzene rings is 1. The van der Waals surface area contributed by atoms with Crippen LogP contribution in [-0.2, 0) is 20.7 Å². The van der Waals surface area contributed by atoms with E-state index in [1.807, 2.05) is 30.3 Å². The Balaban J connectivity index is 2.63. The highest BCUT2D eigenvalue weighted by Crippen LogP contribution is 2.14. The minimum Gasteiger partial charge on any atom is -0.481 e. The Bertz CT molecular complexity index is 419. The van der Waals surface area contributed by atoms with Crippen molar-refractivity contribution in [3.8, 4) is 0 Å². The van der Waals surface area contributed by atoms with Gasteiger partial charge >= 0.3 is 11.9 Å². The number of carbonyl (C=O) groups is 2. The van der Waals surface area contributed by atoms with Gasteiger partial charge in [0.1, 0.15) is 6.04 Å². The predicted octanol–water partition coefficient (Wildman–Crippen LogP) is 1.21. The summed E-state index contributed by atoms with van der Waals surface area (Å²) in [6.45, 7) is 1.92. The third-order valence-corrected chi connectivity index (χ3v) is 2.80. The van der Waals surface area contributed by atoms with Crippen LogP contribution in [-0.4, -0.2) is 29.7 Å². The third kappa shape index (κ3) is 5.09. The van der Waals surface area contributed by atoms with Gasteiger partial charge in [0.15, 0.2) is 0 Å². The van der Waals surface area contributed by atoms with E-state index in [0.717, 1.165) is 5.56 Å². The van der Waals surface area contributed by atoms with Gasteiger partial charge in [-0.1, -0.05) is 30.3 Å². The molecule has 2 atom stereocenters. The Morgan fingerprint density at radius 2 is 1.95 bits per heavy atom. The highest BCUT2D eigenvalue weighted by molar-refractivity contribution is 5.77. The van der Waals surface area contributed by atoms with Gasteiger partial charge in [0.05, 0.1) is 12.5 Å². The van der Waals surface area contributed by atoms with Crippen molar-refractivity contribution in [1.82, 2.24) is 0 Å². The molecule has 0 bridgehead atoms. The van der Waals surface area contributed by atoms with Crippen LogP contribution in [0.15, 0.2) is 30.3 Å². The standard InChI is InChI=1S/C14H19NO4/c1-2-19-14(18)12(15)9-11(13(16)17)8-10-6-4-3-5-7-10/h3-7,11-12H,2,8-9,15H2,1H3,(H,16,17)/t11?,12-/m0/s1. The van der Waals surface area contributed by atoms with Gasteiger partial charge < -0.3 is 15.6 Å². The molecule has 0 spiro atoms. The summed E-state index contributed by atoms with van der Waals surface area (Å²) in [6, 6.07) is 8.37. The van der Waals surface area contributed by atoms with Crippen molar-refractivity contribution in [3.63, 3.8) is 0 Å². The second kappa shape index (κ2) is 7.53. The predicted molar refractivity (Wildman–Crippen MR) is 70.5 cm³/mol. The summed E-state index contributed by atoms with van der Waals surface area (Å²) in [4.78, 5) is 22.6. The van der Waals surface area contributed by atoms with E-state index < -0.39 is 23.9 Å². The molecule has 0 heterocycles. The number of carbonyl (C=O) groups excluding carboxylic acids is 1. The van der Waals surface area contributed by atoms with Gasteiger partial charge in [-0.3, -0.25) is 9.59 Å². The van der Waals surface area contributed by atoms with Crippen LogP contribution >= 0.6 is 0 Å². The van der Waals surface area contributed by atoms with Crippen LogP contribution in [0.4, 0.5) is 0 Å². The minimum absolute atomic E-state index is 0.0725. The molecule has 1 rings (SSSR count). The van der Waals surface area contributed by atoms with Gasteiger partial charge in [0, 0.05) is 0 Å². The number of aliphatic carboxylic acids is 1. The lowest BCUT2D eigenvalue weighted by Crippen LogP contribution is -2.36. The van der Waals surface area contributed by atoms with Crippen LogP contribution in [0.1, 0.15) is 18.9 Å². The molecule has 0 aromatic heterocycles. The van der Waals surface area contributed by atoms with E-state index in [0.29, 0.717) is 6.42 Å². The number of hydrogen-bond donors (Lipinski definition) is 2. The smallest absolute Gasteiger partial charge is 0.322 e. The lowest BCUT2D eigenvalue weighted by Gasteiger charge is -2.16. The fourth-order valence-corrected chi connectivity index (χ4v) is 1.82. The SMILES string of the molecule is CCOC(=O)[C@@H](N)CC(Cc1ccccc1)C(=O)O. The molecule has 0 saturated carbocycles. The molecule has 0 aliphatic rings. The molecule has 104 valence electrons. The first-order valence-corrected chi connectivity index (χ1v) is 6.23. The number of esters is 1. The van der Waals surface area contributed by atoms with Crippen LogP contribution in [0.5, 0.6) is 0 Å². The first-order valence-electron chi connectivity index (χ1n) is 6.23. The first kappa shape index (κ1) is 15.2. The molecule has 0 aliphatic carbocycles. The number of ether oxygens (including phenoxy) is 1. The zero-order chi connectivity index (χ0) is 14.3. The lowest BCUT2D eigenvalue weighted by molar-refractivity contribution is -0.146. The monoisotopic (exact) mass is 265 g/mol. The maximum Gasteiger partial charge on any atom is 0.322 e. The quantitative estimate of drug-likeness (QED) is 0.723. The Morgan fingerprint density at radius 1 is 1.32 bits per heavy atom. The van der Waals surface area contributed by atoms with E-state index in [1.165, 1.54) is 0 Å². The van der Waals surface area contributed by atoms with Crippen LogP contribution in [0, 0.1) is 5.92 Å². The molecule has 19 heavy (non-hydrogen) atoms. The van der Waals surface area contributed by atoms with E-state index in [2.05, 4.69) is 0 Å². The van der Waals surface area contributed by atoms with E-state index in [4.69, 9.17) is 10.5 Å². The number of carboxylic acids is 1. The molecule has 1 aromatic carbocycles. The zero-order valence-corrected chi connectivity index (χ0v) is 10.9. The number of nitrogens with two attached hydrogens (primary N) is 1. The molecule has 0 aliphatic heterocycles. The average Bonchev–Trinajstić information content (AvgIpc) is 2.39. The maximum atomic E-state index is 11.4. The normalized spacial score (nSPS) is 13.6. The molecule has 1 unspecified atom stereocenters.